The maximum absolute atomic E-state index is 2.46. The summed E-state index contributed by atoms with van der Waals surface area (Å²) in [5.74, 6) is 0. The summed E-state index contributed by atoms with van der Waals surface area (Å²) < 4.78 is 2.40. The Hall–Kier alpha value is -8.72. The third kappa shape index (κ3) is 5.70. The van der Waals surface area contributed by atoms with Gasteiger partial charge in [-0.05, 0) is 148 Å². The fourth-order valence-electron chi connectivity index (χ4n) is 11.6. The first-order valence-electron chi connectivity index (χ1n) is 23.3. The van der Waals surface area contributed by atoms with Crippen LogP contribution in [0.15, 0.2) is 243 Å². The lowest BCUT2D eigenvalue weighted by molar-refractivity contribution is 1.09. The van der Waals surface area contributed by atoms with Gasteiger partial charge in [0.2, 0.25) is 0 Å². The Morgan fingerprint density at radius 2 is 0.657 bits per heavy atom. The van der Waals surface area contributed by atoms with E-state index in [1.54, 1.807) is 0 Å². The molecule has 0 saturated carbocycles. The summed E-state index contributed by atoms with van der Waals surface area (Å²) in [6, 6.07) is 89.8. The number of fused-ring (bicyclic) bond motifs is 9. The smallest absolute Gasteiger partial charge is 0.0541 e. The number of aromatic nitrogens is 1. The molecule has 12 aromatic carbocycles. The number of para-hydroxylation sites is 4. The second-order valence-electron chi connectivity index (χ2n) is 17.9. The minimum absolute atomic E-state index is 0.878. The van der Waals surface area contributed by atoms with Gasteiger partial charge in [0.05, 0.1) is 11.0 Å². The maximum atomic E-state index is 2.46. The van der Waals surface area contributed by atoms with Gasteiger partial charge < -0.3 is 9.47 Å². The van der Waals surface area contributed by atoms with Crippen molar-refractivity contribution < 1.29 is 0 Å². The molecule has 0 amide bonds. The van der Waals surface area contributed by atoms with Crippen molar-refractivity contribution in [3.05, 3.63) is 254 Å². The Morgan fingerprint density at radius 3 is 1.22 bits per heavy atom. The van der Waals surface area contributed by atoms with Crippen molar-refractivity contribution in [1.82, 2.24) is 4.57 Å². The van der Waals surface area contributed by atoms with Crippen molar-refractivity contribution in [3.63, 3.8) is 0 Å². The average Bonchev–Trinajstić information content (AvgIpc) is 3.73. The first-order chi connectivity index (χ1) is 33.3. The van der Waals surface area contributed by atoms with E-state index in [4.69, 9.17) is 0 Å². The molecule has 1 aromatic heterocycles. The second kappa shape index (κ2) is 14.9. The van der Waals surface area contributed by atoms with E-state index in [9.17, 15) is 0 Å². The highest BCUT2D eigenvalue weighted by Crippen LogP contribution is 2.52. The molecule has 0 unspecified atom stereocenters. The SMILES string of the molecule is c1ccc(N2c3ccccc3Cc3cc(-c4c5ccccc5c(-c5c6ccccc6c(-c6ccc7c(c6)c6ccccc6n7-c6ccccc6)c6ccccc56)c5ccccc45)ccc32)cc1. The molecule has 1 aliphatic heterocycles. The molecular formula is C65H42N2. The summed E-state index contributed by atoms with van der Waals surface area (Å²) in [5, 5.41) is 12.5. The average molecular weight is 851 g/mol. The van der Waals surface area contributed by atoms with Gasteiger partial charge >= 0.3 is 0 Å². The molecule has 67 heavy (non-hydrogen) atoms. The van der Waals surface area contributed by atoms with Crippen LogP contribution in [-0.2, 0) is 6.42 Å². The second-order valence-corrected chi connectivity index (χ2v) is 17.9. The van der Waals surface area contributed by atoms with Gasteiger partial charge in [-0.2, -0.15) is 0 Å². The van der Waals surface area contributed by atoms with Crippen LogP contribution in [-0.4, -0.2) is 4.57 Å². The number of anilines is 3. The predicted octanol–water partition coefficient (Wildman–Crippen LogP) is 17.8. The molecule has 2 heterocycles. The third-order valence-corrected chi connectivity index (χ3v) is 14.3. The third-order valence-electron chi connectivity index (χ3n) is 14.3. The van der Waals surface area contributed by atoms with Crippen molar-refractivity contribution in [2.75, 3.05) is 4.90 Å². The van der Waals surface area contributed by atoms with E-state index in [-0.39, 0.29) is 0 Å². The highest BCUT2D eigenvalue weighted by atomic mass is 15.2. The maximum Gasteiger partial charge on any atom is 0.0541 e. The molecule has 0 fully saturated rings. The summed E-state index contributed by atoms with van der Waals surface area (Å²) in [6.07, 6.45) is 0.878. The quantitative estimate of drug-likeness (QED) is 0.157. The molecule has 2 nitrogen and oxygen atoms in total. The Bertz CT molecular complexity index is 4010. The highest BCUT2D eigenvalue weighted by Gasteiger charge is 2.27. The molecule has 0 aliphatic carbocycles. The Kier molecular flexibility index (Phi) is 8.38. The molecule has 0 radical (unpaired) electrons. The zero-order chi connectivity index (χ0) is 44.0. The van der Waals surface area contributed by atoms with Gasteiger partial charge in [0.15, 0.2) is 0 Å². The molecule has 0 atom stereocenters. The minimum Gasteiger partial charge on any atom is -0.310 e. The lowest BCUT2D eigenvalue weighted by Gasteiger charge is -2.34. The van der Waals surface area contributed by atoms with Crippen molar-refractivity contribution in [1.29, 1.82) is 0 Å². The predicted molar refractivity (Wildman–Crippen MR) is 285 cm³/mol. The summed E-state index contributed by atoms with van der Waals surface area (Å²) in [5.41, 5.74) is 17.4. The number of hydrogen-bond acceptors (Lipinski definition) is 1. The Balaban J connectivity index is 1.01. The monoisotopic (exact) mass is 850 g/mol. The Morgan fingerprint density at radius 1 is 0.254 bits per heavy atom. The summed E-state index contributed by atoms with van der Waals surface area (Å²) in [4.78, 5) is 2.43. The summed E-state index contributed by atoms with van der Waals surface area (Å²) in [7, 11) is 0. The Labute approximate surface area is 388 Å². The van der Waals surface area contributed by atoms with E-state index in [1.165, 1.54) is 132 Å². The fraction of sp³-hybridized carbons (Fsp3) is 0.0154. The van der Waals surface area contributed by atoms with Crippen molar-refractivity contribution in [3.8, 4) is 39.1 Å². The zero-order valence-corrected chi connectivity index (χ0v) is 36.7. The highest BCUT2D eigenvalue weighted by molar-refractivity contribution is 6.30. The van der Waals surface area contributed by atoms with Crippen molar-refractivity contribution >= 4 is 82.0 Å². The van der Waals surface area contributed by atoms with E-state index >= 15 is 0 Å². The number of nitrogens with zero attached hydrogens (tertiary/aromatic N) is 2. The van der Waals surface area contributed by atoms with Gasteiger partial charge in [-0.15, -0.1) is 0 Å². The lowest BCUT2D eigenvalue weighted by Crippen LogP contribution is -2.18. The zero-order valence-electron chi connectivity index (χ0n) is 36.7. The minimum atomic E-state index is 0.878. The van der Waals surface area contributed by atoms with Crippen LogP contribution in [0.1, 0.15) is 11.1 Å². The largest absolute Gasteiger partial charge is 0.310 e. The molecule has 1 aliphatic rings. The topological polar surface area (TPSA) is 8.17 Å². The van der Waals surface area contributed by atoms with Gasteiger partial charge in [0.25, 0.3) is 0 Å². The van der Waals surface area contributed by atoms with Gasteiger partial charge in [-0.1, -0.05) is 182 Å². The van der Waals surface area contributed by atoms with Crippen molar-refractivity contribution in [2.24, 2.45) is 0 Å². The molecule has 0 saturated heterocycles. The first kappa shape index (κ1) is 37.6. The van der Waals surface area contributed by atoms with Crippen LogP contribution in [0, 0.1) is 0 Å². The first-order valence-corrected chi connectivity index (χ1v) is 23.3. The van der Waals surface area contributed by atoms with E-state index in [0.717, 1.165) is 6.42 Å². The van der Waals surface area contributed by atoms with Crippen LogP contribution < -0.4 is 4.90 Å². The van der Waals surface area contributed by atoms with Crippen LogP contribution >= 0.6 is 0 Å². The van der Waals surface area contributed by atoms with Crippen LogP contribution in [0.2, 0.25) is 0 Å². The van der Waals surface area contributed by atoms with Gasteiger partial charge in [0, 0.05) is 39.9 Å². The van der Waals surface area contributed by atoms with E-state index in [1.807, 2.05) is 0 Å². The number of benzene rings is 12. The van der Waals surface area contributed by atoms with Crippen LogP contribution in [0.5, 0.6) is 0 Å². The summed E-state index contributed by atoms with van der Waals surface area (Å²) >= 11 is 0. The molecule has 312 valence electrons. The number of rotatable bonds is 5. The van der Waals surface area contributed by atoms with Gasteiger partial charge in [-0.25, -0.2) is 0 Å². The van der Waals surface area contributed by atoms with E-state index < -0.39 is 0 Å². The lowest BCUT2D eigenvalue weighted by atomic mass is 9.80. The molecule has 0 spiro atoms. The molecule has 13 aromatic rings. The van der Waals surface area contributed by atoms with Crippen LogP contribution in [0.3, 0.4) is 0 Å². The van der Waals surface area contributed by atoms with Crippen LogP contribution in [0.25, 0.3) is 104 Å². The normalized spacial score (nSPS) is 12.4. The molecule has 0 bridgehead atoms. The fourth-order valence-corrected chi connectivity index (χ4v) is 11.6. The molecule has 0 N–H and O–H groups in total. The van der Waals surface area contributed by atoms with E-state index in [2.05, 4.69) is 252 Å². The molecule has 14 rings (SSSR count). The van der Waals surface area contributed by atoms with Crippen LogP contribution in [0.4, 0.5) is 17.1 Å². The molecule has 2 heteroatoms. The van der Waals surface area contributed by atoms with Gasteiger partial charge in [0.1, 0.15) is 0 Å². The number of hydrogen-bond donors (Lipinski definition) is 0. The van der Waals surface area contributed by atoms with Gasteiger partial charge in [-0.3, -0.25) is 0 Å². The molecular weight excluding hydrogens is 809 g/mol. The summed E-state index contributed by atoms with van der Waals surface area (Å²) in [6.45, 7) is 0. The van der Waals surface area contributed by atoms with Crippen molar-refractivity contribution in [2.45, 2.75) is 6.42 Å². The standard InChI is InChI=1S/C65H42N2/c1-3-20-46(21-4-1)66-58-33-17-7-19-42(58)39-45-40-43(35-37-59(45)66)62-49-25-8-12-29-53(49)64(54-30-13-9-26-50(54)62)65-55-31-14-10-27-51(55)63(52-28-11-15-32-56(52)65)44-36-38-61-57(41-44)48-24-16-18-34-60(48)67(61)47-22-5-2-6-23-47/h1-38,40-41H,39H2. The van der Waals surface area contributed by atoms with E-state index in [0.29, 0.717) is 0 Å².